The third kappa shape index (κ3) is 8.52. The van der Waals surface area contributed by atoms with Gasteiger partial charge in [0.15, 0.2) is 12.6 Å². The van der Waals surface area contributed by atoms with Crippen molar-refractivity contribution in [2.75, 3.05) is 14.2 Å². The summed E-state index contributed by atoms with van der Waals surface area (Å²) in [5.41, 5.74) is 12.5. The molecule has 11 nitrogen and oxygen atoms in total. The van der Waals surface area contributed by atoms with E-state index >= 15 is 0 Å². The van der Waals surface area contributed by atoms with Gasteiger partial charge in [-0.15, -0.1) is 0 Å². The fraction of sp³-hybridized carbons (Fsp3) is 0.436. The monoisotopic (exact) mass is 683 g/mol. The molecule has 2 aliphatic heterocycles. The van der Waals surface area contributed by atoms with Gasteiger partial charge in [-0.1, -0.05) is 102 Å². The molecule has 0 N–H and O–H groups in total. The van der Waals surface area contributed by atoms with Crippen LogP contribution in [0.2, 0.25) is 0 Å². The Labute approximate surface area is 292 Å². The Kier molecular flexibility index (Phi) is 12.5. The molecule has 0 radical (unpaired) electrons. The third-order valence-corrected chi connectivity index (χ3v) is 9.29. The maximum absolute atomic E-state index is 9.52. The lowest BCUT2D eigenvalue weighted by molar-refractivity contribution is -0.358. The molecule has 0 unspecified atom stereocenters. The van der Waals surface area contributed by atoms with Gasteiger partial charge in [-0.2, -0.15) is 0 Å². The molecule has 2 saturated heterocycles. The molecule has 0 saturated carbocycles. The van der Waals surface area contributed by atoms with Crippen molar-refractivity contribution in [2.45, 2.75) is 95.0 Å². The molecule has 0 spiro atoms. The van der Waals surface area contributed by atoms with Gasteiger partial charge in [0.25, 0.3) is 0 Å². The van der Waals surface area contributed by atoms with Crippen LogP contribution >= 0.6 is 0 Å². The molecule has 10 atom stereocenters. The van der Waals surface area contributed by atoms with Crippen molar-refractivity contribution in [3.63, 3.8) is 0 Å². The van der Waals surface area contributed by atoms with Crippen LogP contribution in [-0.4, -0.2) is 75.6 Å². The Morgan fingerprint density at radius 3 is 1.80 bits per heavy atom. The summed E-state index contributed by atoms with van der Waals surface area (Å²) in [5, 5.41) is 6.33. The van der Waals surface area contributed by atoms with Crippen LogP contribution in [0.4, 0.5) is 0 Å². The van der Waals surface area contributed by atoms with Crippen molar-refractivity contribution in [2.24, 2.45) is 5.11 Å². The van der Waals surface area contributed by atoms with E-state index in [1.165, 1.54) is 0 Å². The van der Waals surface area contributed by atoms with Crippen LogP contribution in [-0.2, 0) is 57.7 Å². The zero-order chi connectivity index (χ0) is 34.9. The quantitative estimate of drug-likeness (QED) is 0.0783. The first kappa shape index (κ1) is 35.9. The van der Waals surface area contributed by atoms with Gasteiger partial charge in [-0.05, 0) is 52.9 Å². The molecule has 0 aromatic heterocycles. The van der Waals surface area contributed by atoms with E-state index in [4.69, 9.17) is 37.9 Å². The van der Waals surface area contributed by atoms with E-state index in [0.717, 1.165) is 27.5 Å². The molecule has 4 aromatic rings. The fourth-order valence-electron chi connectivity index (χ4n) is 6.69. The first-order valence-corrected chi connectivity index (χ1v) is 17.0. The van der Waals surface area contributed by atoms with E-state index in [1.807, 2.05) is 92.7 Å². The number of benzene rings is 4. The highest BCUT2D eigenvalue weighted by Crippen LogP contribution is 2.35. The van der Waals surface area contributed by atoms with Crippen LogP contribution in [0.25, 0.3) is 21.2 Å². The SMILES string of the molecule is CO[C@@H]1O[C@@H](C)[C@H](OCc2ccccc2)[C@@H](O[C@@H]2O[C@H](C)[C@@H](N=[N+]=[N-])[C@H](OCc3ccc4ccccc4c3)[C@H]2OC)[C@H]1OCc1ccccc1. The van der Waals surface area contributed by atoms with Gasteiger partial charge in [-0.25, -0.2) is 0 Å². The molecule has 0 aliphatic carbocycles. The van der Waals surface area contributed by atoms with Crippen molar-refractivity contribution in [1.82, 2.24) is 0 Å². The lowest BCUT2D eigenvalue weighted by atomic mass is 9.95. The number of nitrogens with zero attached hydrogens (tertiary/aromatic N) is 3. The van der Waals surface area contributed by atoms with E-state index in [9.17, 15) is 5.53 Å². The normalized spacial score (nSPS) is 29.8. The molecule has 2 aliphatic rings. The predicted octanol–water partition coefficient (Wildman–Crippen LogP) is 7.11. The van der Waals surface area contributed by atoms with Crippen molar-refractivity contribution in [1.29, 1.82) is 0 Å². The predicted molar refractivity (Wildman–Crippen MR) is 187 cm³/mol. The largest absolute Gasteiger partial charge is 0.373 e. The molecular formula is C39H45N3O8. The zero-order valence-electron chi connectivity index (χ0n) is 28.8. The average Bonchev–Trinajstić information content (AvgIpc) is 3.15. The van der Waals surface area contributed by atoms with Crippen LogP contribution < -0.4 is 0 Å². The van der Waals surface area contributed by atoms with Gasteiger partial charge >= 0.3 is 0 Å². The number of methoxy groups -OCH3 is 2. The van der Waals surface area contributed by atoms with Crippen LogP contribution in [0.3, 0.4) is 0 Å². The summed E-state index contributed by atoms with van der Waals surface area (Å²) in [4.78, 5) is 3.12. The van der Waals surface area contributed by atoms with Gasteiger partial charge in [0, 0.05) is 19.1 Å². The van der Waals surface area contributed by atoms with Gasteiger partial charge in [-0.3, -0.25) is 0 Å². The second-order valence-electron chi connectivity index (χ2n) is 12.6. The summed E-state index contributed by atoms with van der Waals surface area (Å²) in [5.74, 6) is 0. The van der Waals surface area contributed by atoms with Gasteiger partial charge in [0.1, 0.15) is 30.5 Å². The summed E-state index contributed by atoms with van der Waals surface area (Å²) in [6, 6.07) is 33.4. The number of rotatable bonds is 14. The van der Waals surface area contributed by atoms with Crippen molar-refractivity contribution in [3.8, 4) is 0 Å². The molecule has 6 rings (SSSR count). The van der Waals surface area contributed by atoms with E-state index < -0.39 is 61.3 Å². The van der Waals surface area contributed by atoms with Crippen LogP contribution in [0.5, 0.6) is 0 Å². The molecule has 11 heteroatoms. The van der Waals surface area contributed by atoms with Crippen LogP contribution in [0.1, 0.15) is 30.5 Å². The van der Waals surface area contributed by atoms with E-state index in [0.29, 0.717) is 13.2 Å². The Bertz CT molecular complexity index is 1690. The number of hydrogen-bond donors (Lipinski definition) is 0. The van der Waals surface area contributed by atoms with Crippen molar-refractivity contribution in [3.05, 3.63) is 130 Å². The smallest absolute Gasteiger partial charge is 0.187 e. The average molecular weight is 684 g/mol. The Morgan fingerprint density at radius 2 is 1.16 bits per heavy atom. The minimum atomic E-state index is -0.944. The summed E-state index contributed by atoms with van der Waals surface area (Å²) in [6.07, 6.45) is -6.16. The van der Waals surface area contributed by atoms with Crippen molar-refractivity contribution >= 4 is 10.8 Å². The van der Waals surface area contributed by atoms with Gasteiger partial charge < -0.3 is 37.9 Å². The minimum absolute atomic E-state index is 0.262. The summed E-state index contributed by atoms with van der Waals surface area (Å²) >= 11 is 0. The zero-order valence-corrected chi connectivity index (χ0v) is 28.8. The van der Waals surface area contributed by atoms with E-state index in [1.54, 1.807) is 14.2 Å². The Morgan fingerprint density at radius 1 is 0.580 bits per heavy atom. The summed E-state index contributed by atoms with van der Waals surface area (Å²) in [7, 11) is 3.15. The fourth-order valence-corrected chi connectivity index (χ4v) is 6.69. The third-order valence-electron chi connectivity index (χ3n) is 9.29. The lowest BCUT2D eigenvalue weighted by Gasteiger charge is -2.49. The highest BCUT2D eigenvalue weighted by Gasteiger charge is 2.52. The Balaban J connectivity index is 1.28. The maximum atomic E-state index is 9.52. The lowest BCUT2D eigenvalue weighted by Crippen LogP contribution is -2.64. The van der Waals surface area contributed by atoms with Crippen LogP contribution in [0, 0.1) is 0 Å². The van der Waals surface area contributed by atoms with E-state index in [-0.39, 0.29) is 6.61 Å². The molecule has 0 bridgehead atoms. The van der Waals surface area contributed by atoms with Crippen molar-refractivity contribution < 1.29 is 37.9 Å². The topological polar surface area (TPSA) is 123 Å². The second-order valence-corrected chi connectivity index (χ2v) is 12.6. The molecule has 2 fully saturated rings. The Hall–Kier alpha value is -3.87. The summed E-state index contributed by atoms with van der Waals surface area (Å²) in [6.45, 7) is 4.65. The van der Waals surface area contributed by atoms with Gasteiger partial charge in [0.2, 0.25) is 0 Å². The first-order valence-electron chi connectivity index (χ1n) is 17.0. The standard InChI is InChI=1S/C39H45N3O8/c1-25-32(41-42-40)34(46-24-29-19-20-30-17-11-12-18-31(30)21-29)36(43-3)39(48-25)50-35-33(45-22-27-13-7-5-8-14-27)26(2)49-38(44-4)37(35)47-23-28-15-9-6-10-16-28/h5-21,25-26,32-39H,22-24H2,1-4H3/t25-,26+,32-,33+,34+,35-,36-,37-,38-,39+/m1/s1. The number of ether oxygens (including phenoxy) is 8. The molecule has 0 amide bonds. The second kappa shape index (κ2) is 17.4. The van der Waals surface area contributed by atoms with Gasteiger partial charge in [0.05, 0.1) is 38.1 Å². The highest BCUT2D eigenvalue weighted by atomic mass is 16.7. The number of hydrogen-bond acceptors (Lipinski definition) is 9. The molecular weight excluding hydrogens is 638 g/mol. The molecule has 264 valence electrons. The highest BCUT2D eigenvalue weighted by molar-refractivity contribution is 5.82. The molecule has 2 heterocycles. The summed E-state index contributed by atoms with van der Waals surface area (Å²) < 4.78 is 51.2. The first-order chi connectivity index (χ1) is 24.5. The maximum Gasteiger partial charge on any atom is 0.187 e. The molecule has 50 heavy (non-hydrogen) atoms. The number of azide groups is 1. The molecule has 4 aromatic carbocycles. The van der Waals surface area contributed by atoms with Crippen LogP contribution in [0.15, 0.2) is 108 Å². The minimum Gasteiger partial charge on any atom is -0.373 e. The number of fused-ring (bicyclic) bond motifs is 1. The van der Waals surface area contributed by atoms with E-state index in [2.05, 4.69) is 34.3 Å².